The van der Waals surface area contributed by atoms with Gasteiger partial charge in [0.2, 0.25) is 5.69 Å². The number of nitriles is 1. The Labute approximate surface area is 376 Å². The van der Waals surface area contributed by atoms with Crippen LogP contribution in [0.4, 0.5) is 5.69 Å². The number of hydrogen-bond acceptors (Lipinski definition) is 3. The highest BCUT2D eigenvalue weighted by atomic mass is 32.1. The van der Waals surface area contributed by atoms with Crippen molar-refractivity contribution < 1.29 is 0 Å². The predicted molar refractivity (Wildman–Crippen MR) is 272 cm³/mol. The Morgan fingerprint density at radius 1 is 0.453 bits per heavy atom. The molecule has 0 aliphatic rings. The SMILES string of the molecule is [C-]#[N+]c1c(-c2ccc(C)cc2)c(C#N)c(-n2c3ccccc3c3c4sc5ccccc5c4ccc32)c(-c2ccc(C)cc2)c1-n1c2ccccc2c2c3sc4ccccc4c3ccc21. The van der Waals surface area contributed by atoms with E-state index in [1.165, 1.54) is 40.3 Å². The maximum absolute atomic E-state index is 11.8. The Morgan fingerprint density at radius 2 is 0.891 bits per heavy atom. The van der Waals surface area contributed by atoms with Crippen molar-refractivity contribution in [2.75, 3.05) is 0 Å². The lowest BCUT2D eigenvalue weighted by atomic mass is 9.88. The van der Waals surface area contributed by atoms with Gasteiger partial charge in [0, 0.05) is 73.0 Å². The van der Waals surface area contributed by atoms with Gasteiger partial charge in [0.1, 0.15) is 6.07 Å². The second-order valence-electron chi connectivity index (χ2n) is 16.7. The van der Waals surface area contributed by atoms with E-state index in [4.69, 9.17) is 0 Å². The summed E-state index contributed by atoms with van der Waals surface area (Å²) >= 11 is 3.64. The van der Waals surface area contributed by atoms with Gasteiger partial charge in [-0.2, -0.15) is 5.26 Å². The summed E-state index contributed by atoms with van der Waals surface area (Å²) in [7, 11) is 0. The predicted octanol–water partition coefficient (Wildman–Crippen LogP) is 17.0. The molecule has 0 fully saturated rings. The van der Waals surface area contributed by atoms with Gasteiger partial charge < -0.3 is 9.13 Å². The van der Waals surface area contributed by atoms with Gasteiger partial charge in [0.15, 0.2) is 0 Å². The van der Waals surface area contributed by atoms with Crippen LogP contribution < -0.4 is 0 Å². The van der Waals surface area contributed by atoms with E-state index in [2.05, 4.69) is 204 Å². The number of thiophene rings is 2. The van der Waals surface area contributed by atoms with Gasteiger partial charge in [-0.05, 0) is 61.4 Å². The van der Waals surface area contributed by atoms with Gasteiger partial charge in [-0.25, -0.2) is 4.85 Å². The maximum atomic E-state index is 11.8. The van der Waals surface area contributed by atoms with Crippen LogP contribution >= 0.6 is 22.7 Å². The summed E-state index contributed by atoms with van der Waals surface area (Å²) in [6.45, 7) is 13.4. The first-order valence-electron chi connectivity index (χ1n) is 21.4. The van der Waals surface area contributed by atoms with Crippen molar-refractivity contribution in [2.45, 2.75) is 13.8 Å². The molecule has 0 saturated carbocycles. The van der Waals surface area contributed by atoms with Crippen LogP contribution in [0.1, 0.15) is 16.7 Å². The number of nitrogens with zero attached hydrogens (tertiary/aromatic N) is 4. The molecular weight excluding hydrogens is 817 g/mol. The van der Waals surface area contributed by atoms with Crippen LogP contribution in [0.5, 0.6) is 0 Å². The fourth-order valence-electron chi connectivity index (χ4n) is 10.3. The fraction of sp³-hybridized carbons (Fsp3) is 0.0345. The van der Waals surface area contributed by atoms with Crippen LogP contribution in [0.25, 0.3) is 122 Å². The summed E-state index contributed by atoms with van der Waals surface area (Å²) in [5.41, 5.74) is 11.9. The average molecular weight is 851 g/mol. The summed E-state index contributed by atoms with van der Waals surface area (Å²) in [6, 6.07) is 63.1. The van der Waals surface area contributed by atoms with E-state index in [9.17, 15) is 11.8 Å². The Kier molecular flexibility index (Phi) is 7.87. The third kappa shape index (κ3) is 5.01. The number of aryl methyl sites for hydroxylation is 2. The van der Waals surface area contributed by atoms with Crippen molar-refractivity contribution in [2.24, 2.45) is 0 Å². The van der Waals surface area contributed by atoms with Crippen LogP contribution in [-0.2, 0) is 0 Å². The van der Waals surface area contributed by atoms with Gasteiger partial charge in [-0.1, -0.05) is 145 Å². The molecule has 0 bridgehead atoms. The highest BCUT2D eigenvalue weighted by Crippen LogP contribution is 2.54. The minimum Gasteiger partial charge on any atom is -0.318 e. The van der Waals surface area contributed by atoms with Gasteiger partial charge >= 0.3 is 0 Å². The van der Waals surface area contributed by atoms with E-state index in [1.807, 2.05) is 22.7 Å². The van der Waals surface area contributed by atoms with Gasteiger partial charge in [-0.15, -0.1) is 22.7 Å². The first-order chi connectivity index (χ1) is 31.5. The Bertz CT molecular complexity index is 3990. The zero-order valence-corrected chi connectivity index (χ0v) is 36.4. The largest absolute Gasteiger partial charge is 0.318 e. The van der Waals surface area contributed by atoms with E-state index in [0.717, 1.165) is 82.8 Å². The molecule has 0 amide bonds. The molecule has 0 aliphatic heterocycles. The zero-order chi connectivity index (χ0) is 42.8. The molecule has 0 saturated heterocycles. The summed E-state index contributed by atoms with van der Waals surface area (Å²) in [5.74, 6) is 0. The Morgan fingerprint density at radius 3 is 1.38 bits per heavy atom. The minimum absolute atomic E-state index is 0.437. The summed E-state index contributed by atoms with van der Waals surface area (Å²) in [6.07, 6.45) is 0. The molecule has 4 nitrogen and oxygen atoms in total. The number of hydrogen-bond donors (Lipinski definition) is 0. The standard InChI is InChI=1S/C58H34N4S2/c1-33-20-24-35(25-21-33)50-43(32-59)55(61-44-16-8-4-14-41(44)52-46(61)30-28-39-37-12-6-10-18-48(37)63-57(39)52)51(36-26-22-34(2)23-27-36)56(54(50)60-3)62-45-17-9-5-15-42(45)53-47(62)31-29-40-38-13-7-11-19-49(38)64-58(40)53/h4-31H,1-2H3. The molecule has 4 aromatic heterocycles. The van der Waals surface area contributed by atoms with E-state index < -0.39 is 0 Å². The first kappa shape index (κ1) is 36.6. The highest BCUT2D eigenvalue weighted by molar-refractivity contribution is 7.27. The molecule has 64 heavy (non-hydrogen) atoms. The second kappa shape index (κ2) is 13.8. The lowest BCUT2D eigenvalue weighted by molar-refractivity contribution is 1.13. The van der Waals surface area contributed by atoms with Crippen molar-refractivity contribution in [3.05, 3.63) is 198 Å². The summed E-state index contributed by atoms with van der Waals surface area (Å²) in [4.78, 5) is 4.53. The van der Waals surface area contributed by atoms with E-state index >= 15 is 0 Å². The lowest BCUT2D eigenvalue weighted by Gasteiger charge is -2.26. The van der Waals surface area contributed by atoms with Crippen LogP contribution in [0, 0.1) is 31.8 Å². The monoisotopic (exact) mass is 850 g/mol. The summed E-state index contributed by atoms with van der Waals surface area (Å²) in [5, 5.41) is 21.3. The van der Waals surface area contributed by atoms with Crippen molar-refractivity contribution in [1.29, 1.82) is 5.26 Å². The molecule has 298 valence electrons. The molecule has 0 atom stereocenters. The smallest absolute Gasteiger partial charge is 0.220 e. The molecular formula is C58H34N4S2. The van der Waals surface area contributed by atoms with Crippen molar-refractivity contribution in [3.63, 3.8) is 0 Å². The van der Waals surface area contributed by atoms with E-state index in [-0.39, 0.29) is 0 Å². The van der Waals surface area contributed by atoms with Crippen LogP contribution in [0.15, 0.2) is 170 Å². The third-order valence-corrected chi connectivity index (χ3v) is 15.5. The van der Waals surface area contributed by atoms with Gasteiger partial charge in [0.05, 0.1) is 45.6 Å². The third-order valence-electron chi connectivity index (χ3n) is 13.1. The molecule has 13 rings (SSSR count). The lowest BCUT2D eigenvalue weighted by Crippen LogP contribution is -2.08. The zero-order valence-electron chi connectivity index (χ0n) is 34.8. The van der Waals surface area contributed by atoms with Crippen LogP contribution in [-0.4, -0.2) is 9.13 Å². The first-order valence-corrected chi connectivity index (χ1v) is 23.0. The van der Waals surface area contributed by atoms with Crippen LogP contribution in [0.3, 0.4) is 0 Å². The van der Waals surface area contributed by atoms with E-state index in [1.54, 1.807) is 0 Å². The Hall–Kier alpha value is -8.00. The number of fused-ring (bicyclic) bond motifs is 14. The molecule has 0 unspecified atom stereocenters. The molecule has 0 radical (unpaired) electrons. The molecule has 0 N–H and O–H groups in total. The molecule has 0 aliphatic carbocycles. The number of para-hydroxylation sites is 2. The molecule has 0 spiro atoms. The van der Waals surface area contributed by atoms with Crippen molar-refractivity contribution in [3.8, 4) is 39.7 Å². The van der Waals surface area contributed by atoms with Gasteiger partial charge in [0.25, 0.3) is 0 Å². The number of benzene rings is 9. The molecule has 4 heterocycles. The van der Waals surface area contributed by atoms with E-state index in [0.29, 0.717) is 16.8 Å². The highest BCUT2D eigenvalue weighted by Gasteiger charge is 2.32. The van der Waals surface area contributed by atoms with Crippen molar-refractivity contribution in [1.82, 2.24) is 9.13 Å². The minimum atomic E-state index is 0.437. The molecule has 6 heteroatoms. The topological polar surface area (TPSA) is 38.0 Å². The van der Waals surface area contributed by atoms with Crippen molar-refractivity contribution >= 4 is 112 Å². The quantitative estimate of drug-likeness (QED) is 0.163. The fourth-order valence-corrected chi connectivity index (χ4v) is 12.8. The summed E-state index contributed by atoms with van der Waals surface area (Å²) < 4.78 is 9.58. The second-order valence-corrected chi connectivity index (χ2v) is 18.8. The van der Waals surface area contributed by atoms with Crippen LogP contribution in [0.2, 0.25) is 0 Å². The normalized spacial score (nSPS) is 11.9. The maximum Gasteiger partial charge on any atom is 0.220 e. The Balaban J connectivity index is 1.30. The number of aromatic nitrogens is 2. The molecule has 13 aromatic rings. The molecule has 9 aromatic carbocycles. The number of rotatable bonds is 4. The van der Waals surface area contributed by atoms with Gasteiger partial charge in [-0.3, -0.25) is 0 Å². The average Bonchev–Trinajstić information content (AvgIpc) is 4.09.